The quantitative estimate of drug-likeness (QED) is 0.568. The number of methoxy groups -OCH3 is 1. The normalized spacial score (nSPS) is 12.2. The summed E-state index contributed by atoms with van der Waals surface area (Å²) in [4.78, 5) is 12.7. The van der Waals surface area contributed by atoms with Crippen LogP contribution in [0, 0.1) is 11.3 Å². The topological polar surface area (TPSA) is 79.9 Å². The van der Waals surface area contributed by atoms with E-state index < -0.39 is 23.7 Å². The molecule has 1 heterocycles. The van der Waals surface area contributed by atoms with Crippen molar-refractivity contribution in [2.75, 3.05) is 7.11 Å². The highest BCUT2D eigenvalue weighted by Gasteiger charge is 2.35. The molecule has 1 N–H and O–H groups in total. The van der Waals surface area contributed by atoms with Crippen LogP contribution in [-0.2, 0) is 17.5 Å². The van der Waals surface area contributed by atoms with Gasteiger partial charge in [0.15, 0.2) is 5.69 Å². The molecule has 0 bridgehead atoms. The zero-order valence-electron chi connectivity index (χ0n) is 17.1. The summed E-state index contributed by atoms with van der Waals surface area (Å²) < 4.78 is 46.0. The van der Waals surface area contributed by atoms with E-state index in [0.29, 0.717) is 27.6 Å². The summed E-state index contributed by atoms with van der Waals surface area (Å²) in [6.07, 6.45) is -4.64. The third-order valence-electron chi connectivity index (χ3n) is 4.81. The zero-order valence-corrected chi connectivity index (χ0v) is 17.8. The first-order valence-corrected chi connectivity index (χ1v) is 9.79. The van der Waals surface area contributed by atoms with Crippen LogP contribution in [0.2, 0.25) is 5.02 Å². The maximum absolute atomic E-state index is 13.2. The number of halogens is 4. The number of nitriles is 1. The van der Waals surface area contributed by atoms with Gasteiger partial charge in [0, 0.05) is 5.02 Å². The number of carbonyl (C=O) groups is 1. The van der Waals surface area contributed by atoms with E-state index in [9.17, 15) is 18.0 Å². The number of carbonyl (C=O) groups excluding carboxylic acids is 1. The van der Waals surface area contributed by atoms with Crippen LogP contribution in [-0.4, -0.2) is 22.8 Å². The molecular formula is C22H18ClF3N4O2. The van der Waals surface area contributed by atoms with Crippen LogP contribution >= 0.6 is 11.6 Å². The molecule has 10 heteroatoms. The maximum Gasteiger partial charge on any atom is 0.435 e. The van der Waals surface area contributed by atoms with E-state index in [1.54, 1.807) is 43.3 Å². The first-order valence-electron chi connectivity index (χ1n) is 9.42. The summed E-state index contributed by atoms with van der Waals surface area (Å²) in [7, 11) is 1.42. The largest absolute Gasteiger partial charge is 0.495 e. The Hall–Kier alpha value is -3.51. The predicted molar refractivity (Wildman–Crippen MR) is 112 cm³/mol. The van der Waals surface area contributed by atoms with Gasteiger partial charge in [-0.3, -0.25) is 4.79 Å². The second-order valence-corrected chi connectivity index (χ2v) is 7.36. The molecule has 0 fully saturated rings. The van der Waals surface area contributed by atoms with Crippen molar-refractivity contribution in [3.05, 3.63) is 76.1 Å². The summed E-state index contributed by atoms with van der Waals surface area (Å²) in [5, 5.41) is 15.7. The zero-order chi connectivity index (χ0) is 23.5. The number of aromatic nitrogens is 2. The summed E-state index contributed by atoms with van der Waals surface area (Å²) in [5.74, 6) is -0.719. The minimum Gasteiger partial charge on any atom is -0.495 e. The number of rotatable bonds is 6. The fourth-order valence-corrected chi connectivity index (χ4v) is 3.25. The molecule has 0 saturated carbocycles. The molecule has 1 amide bonds. The number of hydrogen-bond donors (Lipinski definition) is 1. The van der Waals surface area contributed by atoms with Crippen molar-refractivity contribution in [2.24, 2.45) is 0 Å². The molecule has 1 unspecified atom stereocenters. The van der Waals surface area contributed by atoms with Gasteiger partial charge in [-0.25, -0.2) is 4.68 Å². The molecule has 0 aliphatic carbocycles. The summed E-state index contributed by atoms with van der Waals surface area (Å²) in [6.45, 7) is 1.46. The standard InChI is InChI=1S/C22H18ClF3N4O2/c1-13(14-6-7-15(11-27)19(8-14)32-2)21(31)28-12-18-10-20(22(24,25)26)29-30(18)17-5-3-4-16(23)9-17/h3-10,13H,12H2,1-2H3,(H,28,31). The van der Waals surface area contributed by atoms with Gasteiger partial charge >= 0.3 is 6.18 Å². The van der Waals surface area contributed by atoms with E-state index in [1.165, 1.54) is 13.2 Å². The predicted octanol–water partition coefficient (Wildman–Crippen LogP) is 4.84. The highest BCUT2D eigenvalue weighted by molar-refractivity contribution is 6.30. The monoisotopic (exact) mass is 462 g/mol. The van der Waals surface area contributed by atoms with Crippen LogP contribution in [0.4, 0.5) is 13.2 Å². The van der Waals surface area contributed by atoms with E-state index in [4.69, 9.17) is 21.6 Å². The highest BCUT2D eigenvalue weighted by Crippen LogP contribution is 2.30. The molecule has 166 valence electrons. The Balaban J connectivity index is 1.84. The fourth-order valence-electron chi connectivity index (χ4n) is 3.07. The van der Waals surface area contributed by atoms with Gasteiger partial charge in [-0.15, -0.1) is 0 Å². The van der Waals surface area contributed by atoms with Crippen molar-refractivity contribution in [1.29, 1.82) is 5.26 Å². The van der Waals surface area contributed by atoms with Gasteiger partial charge in [-0.1, -0.05) is 23.7 Å². The van der Waals surface area contributed by atoms with E-state index in [2.05, 4.69) is 10.4 Å². The Morgan fingerprint density at radius 1 is 1.28 bits per heavy atom. The molecule has 3 rings (SSSR count). The Labute approximate surface area is 187 Å². The molecule has 1 aromatic heterocycles. The smallest absolute Gasteiger partial charge is 0.435 e. The molecule has 0 aliphatic heterocycles. The SMILES string of the molecule is COc1cc(C(C)C(=O)NCc2cc(C(F)(F)F)nn2-c2cccc(Cl)c2)ccc1C#N. The molecule has 6 nitrogen and oxygen atoms in total. The Bertz CT molecular complexity index is 1180. The van der Waals surface area contributed by atoms with Crippen molar-refractivity contribution >= 4 is 17.5 Å². The lowest BCUT2D eigenvalue weighted by Crippen LogP contribution is -2.28. The molecule has 1 atom stereocenters. The van der Waals surface area contributed by atoms with Crippen molar-refractivity contribution in [2.45, 2.75) is 25.6 Å². The Morgan fingerprint density at radius 2 is 2.03 bits per heavy atom. The maximum atomic E-state index is 13.2. The minimum atomic E-state index is -4.64. The second-order valence-electron chi connectivity index (χ2n) is 6.92. The number of nitrogens with one attached hydrogen (secondary N) is 1. The van der Waals surface area contributed by atoms with Gasteiger partial charge in [0.2, 0.25) is 5.91 Å². The number of hydrogen-bond acceptors (Lipinski definition) is 4. The second kappa shape index (κ2) is 9.32. The van der Waals surface area contributed by atoms with Gasteiger partial charge in [-0.05, 0) is 48.9 Å². The highest BCUT2D eigenvalue weighted by atomic mass is 35.5. The van der Waals surface area contributed by atoms with Crippen LogP contribution in [0.15, 0.2) is 48.5 Å². The van der Waals surface area contributed by atoms with Gasteiger partial charge in [0.05, 0.1) is 36.5 Å². The van der Waals surface area contributed by atoms with Crippen LogP contribution in [0.5, 0.6) is 5.75 Å². The van der Waals surface area contributed by atoms with E-state index in [-0.39, 0.29) is 12.2 Å². The summed E-state index contributed by atoms with van der Waals surface area (Å²) >= 11 is 5.96. The molecular weight excluding hydrogens is 445 g/mol. The van der Waals surface area contributed by atoms with Crippen molar-refractivity contribution < 1.29 is 22.7 Å². The molecule has 0 spiro atoms. The van der Waals surface area contributed by atoms with E-state index in [1.807, 2.05) is 6.07 Å². The molecule has 0 aliphatic rings. The fraction of sp³-hybridized carbons (Fsp3) is 0.227. The van der Waals surface area contributed by atoms with E-state index in [0.717, 1.165) is 10.7 Å². The van der Waals surface area contributed by atoms with Gasteiger partial charge in [0.25, 0.3) is 0 Å². The molecule has 32 heavy (non-hydrogen) atoms. The van der Waals surface area contributed by atoms with Gasteiger partial charge < -0.3 is 10.1 Å². The third kappa shape index (κ3) is 5.03. The minimum absolute atomic E-state index is 0.137. The lowest BCUT2D eigenvalue weighted by atomic mass is 9.98. The Morgan fingerprint density at radius 3 is 2.66 bits per heavy atom. The first kappa shape index (κ1) is 23.2. The van der Waals surface area contributed by atoms with Crippen molar-refractivity contribution in [1.82, 2.24) is 15.1 Å². The molecule has 2 aromatic carbocycles. The summed E-state index contributed by atoms with van der Waals surface area (Å²) in [5.41, 5.74) is 0.318. The number of alkyl halides is 3. The lowest BCUT2D eigenvalue weighted by molar-refractivity contribution is -0.141. The van der Waals surface area contributed by atoms with Crippen LogP contribution in [0.1, 0.15) is 35.4 Å². The van der Waals surface area contributed by atoms with Crippen LogP contribution in [0.3, 0.4) is 0 Å². The molecule has 3 aromatic rings. The van der Waals surface area contributed by atoms with Crippen LogP contribution in [0.25, 0.3) is 5.69 Å². The Kier molecular flexibility index (Phi) is 6.75. The molecule has 0 radical (unpaired) electrons. The first-order chi connectivity index (χ1) is 15.1. The average Bonchev–Trinajstić information content (AvgIpc) is 3.21. The van der Waals surface area contributed by atoms with E-state index >= 15 is 0 Å². The average molecular weight is 463 g/mol. The molecule has 0 saturated heterocycles. The lowest BCUT2D eigenvalue weighted by Gasteiger charge is -2.15. The van der Waals surface area contributed by atoms with Crippen LogP contribution < -0.4 is 10.1 Å². The van der Waals surface area contributed by atoms with Crippen molar-refractivity contribution in [3.8, 4) is 17.5 Å². The number of benzene rings is 2. The summed E-state index contributed by atoms with van der Waals surface area (Å²) in [6, 6.07) is 13.9. The van der Waals surface area contributed by atoms with Crippen molar-refractivity contribution in [3.63, 3.8) is 0 Å². The van der Waals surface area contributed by atoms with Gasteiger partial charge in [0.1, 0.15) is 11.8 Å². The third-order valence-corrected chi connectivity index (χ3v) is 5.04. The number of amides is 1. The number of nitrogens with zero attached hydrogens (tertiary/aromatic N) is 3. The van der Waals surface area contributed by atoms with Gasteiger partial charge in [-0.2, -0.15) is 23.5 Å². The number of ether oxygens (including phenoxy) is 1.